The van der Waals surface area contributed by atoms with Gasteiger partial charge in [0.25, 0.3) is 0 Å². The average Bonchev–Trinajstić information content (AvgIpc) is 3.23. The van der Waals surface area contributed by atoms with Crippen LogP contribution in [0, 0.1) is 5.82 Å². The summed E-state index contributed by atoms with van der Waals surface area (Å²) in [7, 11) is 0. The normalized spacial score (nSPS) is 10.5. The zero-order valence-electron chi connectivity index (χ0n) is 19.0. The highest BCUT2D eigenvalue weighted by Gasteiger charge is 2.22. The fourth-order valence-electron chi connectivity index (χ4n) is 3.43. The number of esters is 1. The van der Waals surface area contributed by atoms with Crippen LogP contribution in [0.15, 0.2) is 53.9 Å². The Kier molecular flexibility index (Phi) is 8.43. The third kappa shape index (κ3) is 6.10. The van der Waals surface area contributed by atoms with Crippen molar-refractivity contribution in [3.63, 3.8) is 0 Å². The summed E-state index contributed by atoms with van der Waals surface area (Å²) in [6, 6.07) is 13.7. The molecule has 0 unspecified atom stereocenters. The lowest BCUT2D eigenvalue weighted by Crippen LogP contribution is -2.23. The van der Waals surface area contributed by atoms with Gasteiger partial charge in [-0.3, -0.25) is 4.79 Å². The number of carbonyl (C=O) groups is 2. The summed E-state index contributed by atoms with van der Waals surface area (Å²) in [5, 5.41) is 8.06. The molecular weight excluding hydrogens is 441 g/mol. The van der Waals surface area contributed by atoms with Gasteiger partial charge < -0.3 is 20.3 Å². The quantitative estimate of drug-likeness (QED) is 0.377. The molecule has 33 heavy (non-hydrogen) atoms. The van der Waals surface area contributed by atoms with Crippen LogP contribution in [0.25, 0.3) is 11.1 Å². The Hall–Kier alpha value is -3.39. The Bertz CT molecular complexity index is 1080. The van der Waals surface area contributed by atoms with Gasteiger partial charge in [0.2, 0.25) is 5.91 Å². The van der Waals surface area contributed by atoms with Crippen molar-refractivity contribution < 1.29 is 18.7 Å². The first-order valence-electron chi connectivity index (χ1n) is 10.9. The Morgan fingerprint density at radius 1 is 1.00 bits per heavy atom. The molecule has 3 rings (SSSR count). The van der Waals surface area contributed by atoms with Crippen molar-refractivity contribution in [3.05, 3.63) is 65.3 Å². The van der Waals surface area contributed by atoms with Crippen molar-refractivity contribution in [2.24, 2.45) is 0 Å². The summed E-state index contributed by atoms with van der Waals surface area (Å²) in [5.41, 5.74) is 3.48. The van der Waals surface area contributed by atoms with E-state index in [2.05, 4.69) is 29.4 Å². The van der Waals surface area contributed by atoms with Crippen LogP contribution < -0.4 is 15.5 Å². The van der Waals surface area contributed by atoms with Crippen LogP contribution in [0.3, 0.4) is 0 Å². The second-order valence-electron chi connectivity index (χ2n) is 7.20. The van der Waals surface area contributed by atoms with E-state index in [1.807, 2.05) is 24.3 Å². The summed E-state index contributed by atoms with van der Waals surface area (Å²) in [6.45, 7) is 8.03. The topological polar surface area (TPSA) is 70.7 Å². The zero-order chi connectivity index (χ0) is 23.8. The Labute approximate surface area is 197 Å². The summed E-state index contributed by atoms with van der Waals surface area (Å²) in [5.74, 6) is -1.19. The van der Waals surface area contributed by atoms with Crippen LogP contribution in [-0.4, -0.2) is 38.1 Å². The summed E-state index contributed by atoms with van der Waals surface area (Å²) in [6.07, 6.45) is 0. The average molecular weight is 470 g/mol. The summed E-state index contributed by atoms with van der Waals surface area (Å²) < 4.78 is 18.5. The largest absolute Gasteiger partial charge is 0.462 e. The predicted octanol–water partition coefficient (Wildman–Crippen LogP) is 5.63. The number of benzene rings is 2. The SMILES string of the molecule is CCOC(=O)c1c(-c2ccc(F)cc2)csc1NC(=O)CNc1ccc(N(CC)CC)cc1. The smallest absolute Gasteiger partial charge is 0.341 e. The van der Waals surface area contributed by atoms with Gasteiger partial charge in [0.1, 0.15) is 16.4 Å². The Balaban J connectivity index is 1.71. The van der Waals surface area contributed by atoms with Crippen molar-refractivity contribution in [1.29, 1.82) is 0 Å². The number of anilines is 3. The number of nitrogens with zero attached hydrogens (tertiary/aromatic N) is 1. The lowest BCUT2D eigenvalue weighted by Gasteiger charge is -2.21. The van der Waals surface area contributed by atoms with Crippen LogP contribution in [0.1, 0.15) is 31.1 Å². The molecule has 1 heterocycles. The molecule has 0 atom stereocenters. The molecule has 0 spiro atoms. The number of ether oxygens (including phenoxy) is 1. The van der Waals surface area contributed by atoms with Gasteiger partial charge in [0.15, 0.2) is 0 Å². The van der Waals surface area contributed by atoms with Crippen molar-refractivity contribution >= 4 is 39.6 Å². The first-order valence-corrected chi connectivity index (χ1v) is 11.8. The minimum atomic E-state index is -0.534. The molecule has 0 radical (unpaired) electrons. The van der Waals surface area contributed by atoms with Crippen molar-refractivity contribution in [2.45, 2.75) is 20.8 Å². The van der Waals surface area contributed by atoms with E-state index in [0.29, 0.717) is 16.1 Å². The lowest BCUT2D eigenvalue weighted by atomic mass is 10.0. The molecule has 0 fully saturated rings. The molecular formula is C25H28FN3O3S. The molecule has 8 heteroatoms. The minimum absolute atomic E-state index is 0.0384. The fourth-order valence-corrected chi connectivity index (χ4v) is 4.40. The standard InChI is InChI=1S/C25H28FN3O3S/c1-4-29(5-2)20-13-11-19(12-14-20)27-15-22(30)28-24-23(25(31)32-6-3)21(16-33-24)17-7-9-18(26)10-8-17/h7-14,16,27H,4-6,15H2,1-3H3,(H,28,30). The molecule has 0 aliphatic rings. The van der Waals surface area contributed by atoms with Crippen LogP contribution in [0.5, 0.6) is 0 Å². The van der Waals surface area contributed by atoms with E-state index in [0.717, 1.165) is 24.5 Å². The molecule has 1 aromatic heterocycles. The number of hydrogen-bond acceptors (Lipinski definition) is 6. The van der Waals surface area contributed by atoms with E-state index in [4.69, 9.17) is 4.74 Å². The summed E-state index contributed by atoms with van der Waals surface area (Å²) in [4.78, 5) is 27.5. The molecule has 0 aliphatic heterocycles. The highest BCUT2D eigenvalue weighted by molar-refractivity contribution is 7.15. The molecule has 0 saturated heterocycles. The third-order valence-electron chi connectivity index (χ3n) is 5.13. The maximum absolute atomic E-state index is 13.3. The zero-order valence-corrected chi connectivity index (χ0v) is 19.8. The number of nitrogens with one attached hydrogen (secondary N) is 2. The number of carbonyl (C=O) groups excluding carboxylic acids is 2. The molecule has 6 nitrogen and oxygen atoms in total. The van der Waals surface area contributed by atoms with E-state index in [1.165, 1.54) is 23.5 Å². The maximum Gasteiger partial charge on any atom is 0.341 e. The van der Waals surface area contributed by atoms with Gasteiger partial charge in [-0.1, -0.05) is 12.1 Å². The summed E-state index contributed by atoms with van der Waals surface area (Å²) >= 11 is 1.23. The second kappa shape index (κ2) is 11.5. The molecule has 3 aromatic rings. The van der Waals surface area contributed by atoms with E-state index >= 15 is 0 Å². The highest BCUT2D eigenvalue weighted by atomic mass is 32.1. The second-order valence-corrected chi connectivity index (χ2v) is 8.08. The molecule has 174 valence electrons. The fraction of sp³-hybridized carbons (Fsp3) is 0.280. The number of hydrogen-bond donors (Lipinski definition) is 2. The van der Waals surface area contributed by atoms with Crippen LogP contribution in [0.2, 0.25) is 0 Å². The van der Waals surface area contributed by atoms with Gasteiger partial charge in [0, 0.05) is 35.4 Å². The highest BCUT2D eigenvalue weighted by Crippen LogP contribution is 2.36. The first-order chi connectivity index (χ1) is 16.0. The molecule has 2 aromatic carbocycles. The van der Waals surface area contributed by atoms with Gasteiger partial charge in [-0.05, 0) is 62.7 Å². The first kappa shape index (κ1) is 24.3. The van der Waals surface area contributed by atoms with Crippen LogP contribution in [-0.2, 0) is 9.53 Å². The molecule has 0 aliphatic carbocycles. The Morgan fingerprint density at radius 2 is 1.67 bits per heavy atom. The molecule has 2 N–H and O–H groups in total. The van der Waals surface area contributed by atoms with Crippen molar-refractivity contribution in [2.75, 3.05) is 41.8 Å². The Morgan fingerprint density at radius 3 is 2.27 bits per heavy atom. The van der Waals surface area contributed by atoms with Gasteiger partial charge in [-0.25, -0.2) is 9.18 Å². The number of halogens is 1. The number of thiophene rings is 1. The maximum atomic E-state index is 13.3. The number of amides is 1. The molecule has 1 amide bonds. The number of rotatable bonds is 10. The van der Waals surface area contributed by atoms with Crippen molar-refractivity contribution in [3.8, 4) is 11.1 Å². The molecule has 0 bridgehead atoms. The van der Waals surface area contributed by atoms with E-state index in [9.17, 15) is 14.0 Å². The third-order valence-corrected chi connectivity index (χ3v) is 6.02. The van der Waals surface area contributed by atoms with Gasteiger partial charge in [-0.2, -0.15) is 0 Å². The van der Waals surface area contributed by atoms with Gasteiger partial charge >= 0.3 is 5.97 Å². The monoisotopic (exact) mass is 469 g/mol. The lowest BCUT2D eigenvalue weighted by molar-refractivity contribution is -0.114. The van der Waals surface area contributed by atoms with Crippen molar-refractivity contribution in [1.82, 2.24) is 0 Å². The predicted molar refractivity (Wildman–Crippen MR) is 133 cm³/mol. The van der Waals surface area contributed by atoms with E-state index in [-0.39, 0.29) is 30.4 Å². The minimum Gasteiger partial charge on any atom is -0.462 e. The van der Waals surface area contributed by atoms with Gasteiger partial charge in [-0.15, -0.1) is 11.3 Å². The van der Waals surface area contributed by atoms with E-state index in [1.54, 1.807) is 24.4 Å². The molecule has 0 saturated carbocycles. The van der Waals surface area contributed by atoms with Crippen LogP contribution >= 0.6 is 11.3 Å². The van der Waals surface area contributed by atoms with E-state index < -0.39 is 5.97 Å². The van der Waals surface area contributed by atoms with Crippen LogP contribution in [0.4, 0.5) is 20.8 Å². The van der Waals surface area contributed by atoms with Gasteiger partial charge in [0.05, 0.1) is 13.2 Å².